The highest BCUT2D eigenvalue weighted by atomic mass is 16.4. The van der Waals surface area contributed by atoms with Crippen LogP contribution in [0.3, 0.4) is 0 Å². The first kappa shape index (κ1) is 12.5. The molecule has 0 heterocycles. The van der Waals surface area contributed by atoms with Crippen LogP contribution in [-0.2, 0) is 4.79 Å². The second-order valence-electron chi connectivity index (χ2n) is 2.76. The summed E-state index contributed by atoms with van der Waals surface area (Å²) in [4.78, 5) is 10.9. The molecule has 4 atom stereocenters. The molecule has 5 N–H and O–H groups in total. The van der Waals surface area contributed by atoms with Gasteiger partial charge in [0.15, 0.2) is 5.78 Å². The van der Waals surface area contributed by atoms with E-state index in [2.05, 4.69) is 0 Å². The van der Waals surface area contributed by atoms with Crippen LogP contribution in [0.4, 0.5) is 0 Å². The fraction of sp³-hybridized carbons (Fsp3) is 0.857. The zero-order chi connectivity index (χ0) is 10.6. The molecule has 0 aliphatic rings. The van der Waals surface area contributed by atoms with Crippen LogP contribution in [0, 0.1) is 0 Å². The first-order valence-electron chi connectivity index (χ1n) is 3.78. The fourth-order valence-electron chi connectivity index (χ4n) is 0.734. The molecule has 13 heavy (non-hydrogen) atoms. The van der Waals surface area contributed by atoms with E-state index in [0.717, 1.165) is 6.92 Å². The van der Waals surface area contributed by atoms with Gasteiger partial charge >= 0.3 is 0 Å². The van der Waals surface area contributed by atoms with Gasteiger partial charge in [0.25, 0.3) is 0 Å². The molecule has 78 valence electrons. The van der Waals surface area contributed by atoms with Gasteiger partial charge < -0.3 is 25.5 Å². The van der Waals surface area contributed by atoms with Crippen LogP contribution in [0.15, 0.2) is 0 Å². The number of hydrogen-bond acceptors (Lipinski definition) is 6. The van der Waals surface area contributed by atoms with E-state index in [1.54, 1.807) is 0 Å². The maximum atomic E-state index is 10.9. The minimum Gasteiger partial charge on any atom is -0.394 e. The molecule has 0 bridgehead atoms. The molecular formula is C7H14O6. The highest BCUT2D eigenvalue weighted by Crippen LogP contribution is 2.03. The standard InChI is InChI=1S/C7H14O6/c1-3(9)5(11)7(13)6(12)4(10)2-8/h3-4,6-10,12-13H,2H2,1H3/t3?,4-,6-,7-/m1/s1. The largest absolute Gasteiger partial charge is 0.394 e. The Hall–Kier alpha value is -0.530. The van der Waals surface area contributed by atoms with Gasteiger partial charge in [-0.25, -0.2) is 0 Å². The van der Waals surface area contributed by atoms with Crippen LogP contribution in [0.2, 0.25) is 0 Å². The Balaban J connectivity index is 4.24. The van der Waals surface area contributed by atoms with Gasteiger partial charge in [-0.1, -0.05) is 0 Å². The summed E-state index contributed by atoms with van der Waals surface area (Å²) in [6, 6.07) is 0. The van der Waals surface area contributed by atoms with Crippen LogP contribution in [0.5, 0.6) is 0 Å². The van der Waals surface area contributed by atoms with E-state index >= 15 is 0 Å². The number of aliphatic hydroxyl groups excluding tert-OH is 5. The van der Waals surface area contributed by atoms with Gasteiger partial charge in [-0.3, -0.25) is 4.79 Å². The zero-order valence-electron chi connectivity index (χ0n) is 7.16. The van der Waals surface area contributed by atoms with Crippen molar-refractivity contribution in [3.05, 3.63) is 0 Å². The summed E-state index contributed by atoms with van der Waals surface area (Å²) in [5.41, 5.74) is 0. The van der Waals surface area contributed by atoms with Crippen LogP contribution < -0.4 is 0 Å². The average Bonchev–Trinajstić information content (AvgIpc) is 2.12. The minimum absolute atomic E-state index is 0.773. The van der Waals surface area contributed by atoms with Crippen molar-refractivity contribution in [1.82, 2.24) is 0 Å². The van der Waals surface area contributed by atoms with Crippen LogP contribution >= 0.6 is 0 Å². The summed E-state index contributed by atoms with van der Waals surface area (Å²) in [6.45, 7) is 0.356. The molecule has 0 aromatic rings. The second kappa shape index (κ2) is 5.25. The van der Waals surface area contributed by atoms with Crippen molar-refractivity contribution in [3.63, 3.8) is 0 Å². The summed E-state index contributed by atoms with van der Waals surface area (Å²) in [7, 11) is 0. The van der Waals surface area contributed by atoms with Crippen molar-refractivity contribution < 1.29 is 30.3 Å². The van der Waals surface area contributed by atoms with Crippen molar-refractivity contribution in [1.29, 1.82) is 0 Å². The van der Waals surface area contributed by atoms with E-state index in [0.29, 0.717) is 0 Å². The third-order valence-electron chi connectivity index (χ3n) is 1.61. The molecule has 0 aliphatic heterocycles. The smallest absolute Gasteiger partial charge is 0.192 e. The van der Waals surface area contributed by atoms with Crippen molar-refractivity contribution in [2.75, 3.05) is 6.61 Å². The highest BCUT2D eigenvalue weighted by Gasteiger charge is 2.31. The van der Waals surface area contributed by atoms with Crippen molar-refractivity contribution in [3.8, 4) is 0 Å². The Morgan fingerprint density at radius 3 is 2.00 bits per heavy atom. The molecule has 6 heteroatoms. The summed E-state index contributed by atoms with van der Waals surface area (Å²) < 4.78 is 0. The van der Waals surface area contributed by atoms with E-state index in [4.69, 9.17) is 25.5 Å². The van der Waals surface area contributed by atoms with E-state index in [-0.39, 0.29) is 0 Å². The van der Waals surface area contributed by atoms with E-state index in [9.17, 15) is 4.79 Å². The maximum absolute atomic E-state index is 10.9. The fourth-order valence-corrected chi connectivity index (χ4v) is 0.734. The first-order valence-corrected chi connectivity index (χ1v) is 3.78. The molecular weight excluding hydrogens is 180 g/mol. The Labute approximate surface area is 75.1 Å². The molecule has 0 spiro atoms. The van der Waals surface area contributed by atoms with Crippen molar-refractivity contribution in [2.45, 2.75) is 31.3 Å². The summed E-state index contributed by atoms with van der Waals surface area (Å²) in [5, 5.41) is 44.0. The molecule has 1 unspecified atom stereocenters. The molecule has 0 saturated carbocycles. The number of rotatable bonds is 5. The summed E-state index contributed by atoms with van der Waals surface area (Å²) in [6.07, 6.45) is -6.69. The van der Waals surface area contributed by atoms with Crippen LogP contribution in [0.1, 0.15) is 6.92 Å². The minimum atomic E-state index is -1.89. The highest BCUT2D eigenvalue weighted by molar-refractivity contribution is 5.87. The Morgan fingerprint density at radius 1 is 1.23 bits per heavy atom. The third kappa shape index (κ3) is 3.37. The van der Waals surface area contributed by atoms with Crippen LogP contribution in [-0.4, -0.2) is 62.3 Å². The molecule has 0 aromatic heterocycles. The van der Waals surface area contributed by atoms with Gasteiger partial charge in [-0.2, -0.15) is 0 Å². The predicted molar refractivity (Wildman–Crippen MR) is 41.8 cm³/mol. The molecule has 0 aliphatic carbocycles. The van der Waals surface area contributed by atoms with Gasteiger partial charge in [0.2, 0.25) is 0 Å². The quantitative estimate of drug-likeness (QED) is 0.318. The number of Topliss-reactive ketones (excluding diaryl/α,β-unsaturated/α-hetero) is 1. The van der Waals surface area contributed by atoms with Gasteiger partial charge in [0.1, 0.15) is 24.4 Å². The maximum Gasteiger partial charge on any atom is 0.192 e. The lowest BCUT2D eigenvalue weighted by Crippen LogP contribution is -2.46. The molecule has 0 radical (unpaired) electrons. The lowest BCUT2D eigenvalue weighted by molar-refractivity contribution is -0.147. The number of hydrogen-bond donors (Lipinski definition) is 5. The van der Waals surface area contributed by atoms with Gasteiger partial charge in [-0.15, -0.1) is 0 Å². The van der Waals surface area contributed by atoms with E-state index < -0.39 is 36.8 Å². The summed E-state index contributed by atoms with van der Waals surface area (Å²) in [5.74, 6) is -1.000. The summed E-state index contributed by atoms with van der Waals surface area (Å²) >= 11 is 0. The molecule has 6 nitrogen and oxygen atoms in total. The lowest BCUT2D eigenvalue weighted by atomic mass is 10.0. The van der Waals surface area contributed by atoms with Crippen molar-refractivity contribution in [2.24, 2.45) is 0 Å². The van der Waals surface area contributed by atoms with Gasteiger partial charge in [-0.05, 0) is 6.92 Å². The molecule has 0 aromatic carbocycles. The van der Waals surface area contributed by atoms with Crippen LogP contribution in [0.25, 0.3) is 0 Å². The first-order chi connectivity index (χ1) is 5.91. The Morgan fingerprint density at radius 2 is 1.69 bits per heavy atom. The van der Waals surface area contributed by atoms with E-state index in [1.165, 1.54) is 0 Å². The molecule has 0 rings (SSSR count). The molecule has 0 amide bonds. The predicted octanol–water partition coefficient (Wildman–Crippen LogP) is -2.99. The topological polar surface area (TPSA) is 118 Å². The monoisotopic (exact) mass is 194 g/mol. The third-order valence-corrected chi connectivity index (χ3v) is 1.61. The number of carbonyl (C=O) groups is 1. The van der Waals surface area contributed by atoms with E-state index in [1.807, 2.05) is 0 Å². The number of aliphatic hydroxyl groups is 5. The van der Waals surface area contributed by atoms with Crippen molar-refractivity contribution >= 4 is 5.78 Å². The Bertz CT molecular complexity index is 168. The second-order valence-corrected chi connectivity index (χ2v) is 2.76. The number of ketones is 1. The SMILES string of the molecule is CC(O)C(=O)[C@@H](O)[C@H](O)[C@H](O)CO. The zero-order valence-corrected chi connectivity index (χ0v) is 7.16. The number of carbonyl (C=O) groups excluding carboxylic acids is 1. The Kier molecular flexibility index (Phi) is 5.04. The van der Waals surface area contributed by atoms with Gasteiger partial charge in [0.05, 0.1) is 6.61 Å². The van der Waals surface area contributed by atoms with Gasteiger partial charge in [0, 0.05) is 0 Å². The normalized spacial score (nSPS) is 20.5. The molecule has 0 fully saturated rings. The lowest BCUT2D eigenvalue weighted by Gasteiger charge is -2.21. The molecule has 0 saturated heterocycles. The average molecular weight is 194 g/mol.